The van der Waals surface area contributed by atoms with Crippen LogP contribution in [0.3, 0.4) is 0 Å². The maximum atomic E-state index is 12.3. The molecule has 5 nitrogen and oxygen atoms in total. The number of halogens is 1. The average molecular weight is 342 g/mol. The van der Waals surface area contributed by atoms with Gasteiger partial charge in [-0.25, -0.2) is 4.79 Å². The van der Waals surface area contributed by atoms with Crippen LogP contribution in [0.5, 0.6) is 0 Å². The molecular weight excluding hydrogens is 326 g/mol. The fourth-order valence-electron chi connectivity index (χ4n) is 2.38. The first-order chi connectivity index (χ1) is 9.52. The van der Waals surface area contributed by atoms with Crippen LogP contribution in [0.4, 0.5) is 0 Å². The molecule has 1 aromatic rings. The Bertz CT molecular complexity index is 520. The number of benzene rings is 1. The third-order valence-corrected chi connectivity index (χ3v) is 4.27. The highest BCUT2D eigenvalue weighted by Gasteiger charge is 2.39. The quantitative estimate of drug-likeness (QED) is 0.904. The van der Waals surface area contributed by atoms with Crippen LogP contribution in [0.2, 0.25) is 0 Å². The number of carboxylic acids is 1. The number of methoxy groups -OCH3 is 1. The summed E-state index contributed by atoms with van der Waals surface area (Å²) in [5, 5.41) is 9.21. The smallest absolute Gasteiger partial charge is 0.326 e. The zero-order valence-electron chi connectivity index (χ0n) is 11.1. The number of aliphatic carboxylic acids is 1. The number of hydrogen-bond donors (Lipinski definition) is 1. The predicted octanol–water partition coefficient (Wildman–Crippen LogP) is 1.69. The molecule has 0 aliphatic carbocycles. The lowest BCUT2D eigenvalue weighted by Crippen LogP contribution is -2.41. The second-order valence-electron chi connectivity index (χ2n) is 4.76. The Labute approximate surface area is 125 Å². The molecule has 2 atom stereocenters. The highest BCUT2D eigenvalue weighted by Crippen LogP contribution is 2.23. The fraction of sp³-hybridized carbons (Fsp3) is 0.429. The molecule has 0 radical (unpaired) electrons. The number of carbonyl (C=O) groups is 2. The molecular formula is C14H16BrNO4. The fourth-order valence-corrected chi connectivity index (χ4v) is 2.81. The van der Waals surface area contributed by atoms with Gasteiger partial charge in [0.2, 0.25) is 5.91 Å². The maximum Gasteiger partial charge on any atom is 0.326 e. The van der Waals surface area contributed by atoms with Crippen LogP contribution in [-0.2, 0) is 20.7 Å². The van der Waals surface area contributed by atoms with Gasteiger partial charge >= 0.3 is 5.97 Å². The molecule has 2 unspecified atom stereocenters. The van der Waals surface area contributed by atoms with Gasteiger partial charge in [-0.15, -0.1) is 0 Å². The molecule has 1 aliphatic heterocycles. The lowest BCUT2D eigenvalue weighted by molar-refractivity contribution is -0.148. The lowest BCUT2D eigenvalue weighted by Gasteiger charge is -2.21. The number of hydrogen-bond acceptors (Lipinski definition) is 3. The third kappa shape index (κ3) is 3.19. The SMILES string of the molecule is COC1CC(C(=O)O)N(C(=O)Cc2ccccc2Br)C1. The van der Waals surface area contributed by atoms with Crippen molar-refractivity contribution < 1.29 is 19.4 Å². The Morgan fingerprint density at radius 3 is 2.75 bits per heavy atom. The van der Waals surface area contributed by atoms with E-state index in [-0.39, 0.29) is 18.4 Å². The van der Waals surface area contributed by atoms with E-state index in [2.05, 4.69) is 15.9 Å². The highest BCUT2D eigenvalue weighted by atomic mass is 79.9. The number of carboxylic acid groups (broad SMARTS) is 1. The van der Waals surface area contributed by atoms with Gasteiger partial charge in [-0.05, 0) is 11.6 Å². The second-order valence-corrected chi connectivity index (χ2v) is 5.62. The summed E-state index contributed by atoms with van der Waals surface area (Å²) >= 11 is 3.39. The summed E-state index contributed by atoms with van der Waals surface area (Å²) in [5.74, 6) is -1.17. The molecule has 0 saturated carbocycles. The highest BCUT2D eigenvalue weighted by molar-refractivity contribution is 9.10. The van der Waals surface area contributed by atoms with E-state index in [1.807, 2.05) is 24.3 Å². The minimum absolute atomic E-state index is 0.182. The van der Waals surface area contributed by atoms with Crippen molar-refractivity contribution in [1.82, 2.24) is 4.90 Å². The summed E-state index contributed by atoms with van der Waals surface area (Å²) in [7, 11) is 1.53. The van der Waals surface area contributed by atoms with E-state index in [4.69, 9.17) is 4.74 Å². The van der Waals surface area contributed by atoms with Crippen molar-refractivity contribution >= 4 is 27.8 Å². The van der Waals surface area contributed by atoms with Crippen molar-refractivity contribution in [3.05, 3.63) is 34.3 Å². The molecule has 0 bridgehead atoms. The van der Waals surface area contributed by atoms with Crippen LogP contribution in [-0.4, -0.2) is 47.7 Å². The second kappa shape index (κ2) is 6.37. The summed E-state index contributed by atoms with van der Waals surface area (Å²) < 4.78 is 6.03. The van der Waals surface area contributed by atoms with Crippen LogP contribution in [0, 0.1) is 0 Å². The van der Waals surface area contributed by atoms with Crippen LogP contribution >= 0.6 is 15.9 Å². The summed E-state index contributed by atoms with van der Waals surface area (Å²) in [5.41, 5.74) is 0.850. The van der Waals surface area contributed by atoms with E-state index in [9.17, 15) is 14.7 Å². The number of likely N-dealkylation sites (tertiary alicyclic amines) is 1. The molecule has 108 valence electrons. The number of nitrogens with zero attached hydrogens (tertiary/aromatic N) is 1. The molecule has 20 heavy (non-hydrogen) atoms. The molecule has 1 aliphatic rings. The Morgan fingerprint density at radius 2 is 2.15 bits per heavy atom. The van der Waals surface area contributed by atoms with Crippen molar-refractivity contribution in [1.29, 1.82) is 0 Å². The summed E-state index contributed by atoms with van der Waals surface area (Å²) in [6.07, 6.45) is 0.314. The van der Waals surface area contributed by atoms with E-state index in [1.54, 1.807) is 0 Å². The van der Waals surface area contributed by atoms with E-state index in [1.165, 1.54) is 12.0 Å². The standard InChI is InChI=1S/C14H16BrNO4/c1-20-10-7-12(14(18)19)16(8-10)13(17)6-9-4-2-3-5-11(9)15/h2-5,10,12H,6-8H2,1H3,(H,18,19). The lowest BCUT2D eigenvalue weighted by atomic mass is 10.1. The van der Waals surface area contributed by atoms with Crippen molar-refractivity contribution in [3.8, 4) is 0 Å². The molecule has 2 rings (SSSR count). The number of carbonyl (C=O) groups excluding carboxylic acids is 1. The predicted molar refractivity (Wildman–Crippen MR) is 76.4 cm³/mol. The van der Waals surface area contributed by atoms with Crippen LogP contribution < -0.4 is 0 Å². The van der Waals surface area contributed by atoms with Gasteiger partial charge in [0.1, 0.15) is 6.04 Å². The molecule has 1 heterocycles. The Kier molecular flexibility index (Phi) is 4.77. The van der Waals surface area contributed by atoms with Crippen molar-refractivity contribution in [2.24, 2.45) is 0 Å². The third-order valence-electron chi connectivity index (χ3n) is 3.50. The molecule has 6 heteroatoms. The summed E-state index contributed by atoms with van der Waals surface area (Å²) in [6.45, 7) is 0.330. The maximum absolute atomic E-state index is 12.3. The monoisotopic (exact) mass is 341 g/mol. The molecule has 1 amide bonds. The van der Waals surface area contributed by atoms with Gasteiger partial charge in [0.25, 0.3) is 0 Å². The average Bonchev–Trinajstić information content (AvgIpc) is 2.86. The largest absolute Gasteiger partial charge is 0.480 e. The van der Waals surface area contributed by atoms with E-state index in [0.717, 1.165) is 10.0 Å². The van der Waals surface area contributed by atoms with Gasteiger partial charge in [0, 0.05) is 24.5 Å². The van der Waals surface area contributed by atoms with Crippen molar-refractivity contribution in [2.75, 3.05) is 13.7 Å². The van der Waals surface area contributed by atoms with Crippen LogP contribution in [0.15, 0.2) is 28.7 Å². The Balaban J connectivity index is 2.11. The molecule has 1 fully saturated rings. The van der Waals surface area contributed by atoms with Gasteiger partial charge in [-0.1, -0.05) is 34.1 Å². The van der Waals surface area contributed by atoms with Gasteiger partial charge < -0.3 is 14.7 Å². The molecule has 1 N–H and O–H groups in total. The zero-order chi connectivity index (χ0) is 14.7. The first kappa shape index (κ1) is 15.0. The van der Waals surface area contributed by atoms with Gasteiger partial charge in [0.05, 0.1) is 12.5 Å². The normalized spacial score (nSPS) is 22.0. The summed E-state index contributed by atoms with van der Waals surface area (Å²) in [4.78, 5) is 25.0. The van der Waals surface area contributed by atoms with Gasteiger partial charge in [0.15, 0.2) is 0 Å². The van der Waals surface area contributed by atoms with Crippen molar-refractivity contribution in [2.45, 2.75) is 25.0 Å². The van der Waals surface area contributed by atoms with Gasteiger partial charge in [-0.3, -0.25) is 4.79 Å². The Hall–Kier alpha value is -1.40. The molecule has 1 aromatic carbocycles. The zero-order valence-corrected chi connectivity index (χ0v) is 12.7. The Morgan fingerprint density at radius 1 is 1.45 bits per heavy atom. The molecule has 0 aromatic heterocycles. The number of rotatable bonds is 4. The minimum atomic E-state index is -0.981. The minimum Gasteiger partial charge on any atom is -0.480 e. The van der Waals surface area contributed by atoms with Crippen molar-refractivity contribution in [3.63, 3.8) is 0 Å². The van der Waals surface area contributed by atoms with E-state index in [0.29, 0.717) is 13.0 Å². The van der Waals surface area contributed by atoms with Gasteiger partial charge in [-0.2, -0.15) is 0 Å². The summed E-state index contributed by atoms with van der Waals surface area (Å²) in [6, 6.07) is 6.63. The molecule has 0 spiro atoms. The number of amides is 1. The first-order valence-electron chi connectivity index (χ1n) is 6.31. The van der Waals surface area contributed by atoms with E-state index < -0.39 is 12.0 Å². The molecule has 1 saturated heterocycles. The topological polar surface area (TPSA) is 66.8 Å². The first-order valence-corrected chi connectivity index (χ1v) is 7.10. The van der Waals surface area contributed by atoms with E-state index >= 15 is 0 Å². The number of ether oxygens (including phenoxy) is 1. The van der Waals surface area contributed by atoms with Crippen LogP contribution in [0.1, 0.15) is 12.0 Å². The van der Waals surface area contributed by atoms with Crippen LogP contribution in [0.25, 0.3) is 0 Å².